The highest BCUT2D eigenvalue weighted by molar-refractivity contribution is 5.78. The number of aryl methyl sites for hydroxylation is 1. The number of hydrogen-bond donors (Lipinski definition) is 1. The smallest absolute Gasteiger partial charge is 0.225 e. The summed E-state index contributed by atoms with van der Waals surface area (Å²) in [5.41, 5.74) is 9.89. The number of carbonyl (C=O) groups excluding carboxylic acids is 1. The Labute approximate surface area is 158 Å². The summed E-state index contributed by atoms with van der Waals surface area (Å²) in [7, 11) is 5.53. The van der Waals surface area contributed by atoms with Crippen LogP contribution in [0.15, 0.2) is 24.7 Å². The van der Waals surface area contributed by atoms with Gasteiger partial charge in [-0.3, -0.25) is 9.48 Å². The van der Waals surface area contributed by atoms with Crippen molar-refractivity contribution in [2.45, 2.75) is 31.6 Å². The van der Waals surface area contributed by atoms with Gasteiger partial charge in [0.2, 0.25) is 5.91 Å². The standard InChI is InChI=1S/C19H25N7O/c1-24(2)19(27)13-6-4-12(5-7-13)16-8-17(20)26-18(23-16)15(10-22-26)14-9-21-25(3)11-14/h8-13H,4-7,20H2,1-3H3. The molecule has 2 N–H and O–H groups in total. The second-order valence-electron chi connectivity index (χ2n) is 7.58. The van der Waals surface area contributed by atoms with Crippen LogP contribution in [0, 0.1) is 5.92 Å². The Kier molecular flexibility index (Phi) is 4.33. The number of nitrogen functional groups attached to an aromatic ring is 1. The van der Waals surface area contributed by atoms with Crippen molar-refractivity contribution >= 4 is 17.4 Å². The van der Waals surface area contributed by atoms with Crippen molar-refractivity contribution in [3.05, 3.63) is 30.4 Å². The molecule has 1 saturated carbocycles. The molecule has 0 bridgehead atoms. The Balaban J connectivity index is 1.63. The van der Waals surface area contributed by atoms with Gasteiger partial charge in [0.25, 0.3) is 0 Å². The van der Waals surface area contributed by atoms with Crippen LogP contribution in [0.25, 0.3) is 16.8 Å². The van der Waals surface area contributed by atoms with Crippen LogP contribution in [-0.2, 0) is 11.8 Å². The van der Waals surface area contributed by atoms with E-state index in [0.29, 0.717) is 11.7 Å². The molecule has 4 rings (SSSR count). The van der Waals surface area contributed by atoms with Gasteiger partial charge in [0.15, 0.2) is 5.65 Å². The van der Waals surface area contributed by atoms with E-state index in [-0.39, 0.29) is 11.8 Å². The van der Waals surface area contributed by atoms with Gasteiger partial charge in [0.05, 0.1) is 12.4 Å². The van der Waals surface area contributed by atoms with Crippen LogP contribution in [0.3, 0.4) is 0 Å². The molecule has 8 heteroatoms. The second kappa shape index (κ2) is 6.68. The number of aromatic nitrogens is 5. The van der Waals surface area contributed by atoms with E-state index in [4.69, 9.17) is 10.7 Å². The molecule has 1 aliphatic rings. The molecule has 0 atom stereocenters. The number of amides is 1. The Hall–Kier alpha value is -2.90. The number of carbonyl (C=O) groups is 1. The monoisotopic (exact) mass is 367 g/mol. The summed E-state index contributed by atoms with van der Waals surface area (Å²) in [4.78, 5) is 18.8. The summed E-state index contributed by atoms with van der Waals surface area (Å²) in [5, 5.41) is 8.62. The molecule has 0 spiro atoms. The summed E-state index contributed by atoms with van der Waals surface area (Å²) in [6.45, 7) is 0. The highest BCUT2D eigenvalue weighted by Crippen LogP contribution is 2.37. The SMILES string of the molecule is CN(C)C(=O)C1CCC(c2cc(N)n3ncc(-c4cnn(C)c4)c3n2)CC1. The molecular weight excluding hydrogens is 342 g/mol. The predicted octanol–water partition coefficient (Wildman–Crippen LogP) is 2.07. The van der Waals surface area contributed by atoms with E-state index in [9.17, 15) is 4.79 Å². The first-order valence-corrected chi connectivity index (χ1v) is 9.28. The molecule has 8 nitrogen and oxygen atoms in total. The van der Waals surface area contributed by atoms with Crippen LogP contribution in [0.1, 0.15) is 37.3 Å². The van der Waals surface area contributed by atoms with E-state index in [1.54, 1.807) is 26.5 Å². The van der Waals surface area contributed by atoms with Crippen LogP contribution in [0.2, 0.25) is 0 Å². The fraction of sp³-hybridized carbons (Fsp3) is 0.474. The third kappa shape index (κ3) is 3.15. The van der Waals surface area contributed by atoms with Crippen molar-refractivity contribution in [3.63, 3.8) is 0 Å². The summed E-state index contributed by atoms with van der Waals surface area (Å²) in [6.07, 6.45) is 9.21. The Morgan fingerprint density at radius 3 is 2.56 bits per heavy atom. The molecular formula is C19H25N7O. The highest BCUT2D eigenvalue weighted by Gasteiger charge is 2.29. The van der Waals surface area contributed by atoms with Crippen molar-refractivity contribution in [2.24, 2.45) is 13.0 Å². The molecule has 3 heterocycles. The topological polar surface area (TPSA) is 94.3 Å². The lowest BCUT2D eigenvalue weighted by atomic mass is 9.80. The summed E-state index contributed by atoms with van der Waals surface area (Å²) in [6, 6.07) is 1.92. The Bertz CT molecular complexity index is 979. The minimum atomic E-state index is 0.123. The van der Waals surface area contributed by atoms with Crippen molar-refractivity contribution in [1.29, 1.82) is 0 Å². The first kappa shape index (κ1) is 17.5. The Morgan fingerprint density at radius 1 is 1.19 bits per heavy atom. The number of hydrogen-bond acceptors (Lipinski definition) is 5. The third-order valence-corrected chi connectivity index (χ3v) is 5.47. The van der Waals surface area contributed by atoms with Crippen LogP contribution >= 0.6 is 0 Å². The molecule has 1 aliphatic carbocycles. The number of fused-ring (bicyclic) bond motifs is 1. The van der Waals surface area contributed by atoms with Gasteiger partial charge in [-0.1, -0.05) is 0 Å². The van der Waals surface area contributed by atoms with Gasteiger partial charge in [-0.25, -0.2) is 4.98 Å². The zero-order chi connectivity index (χ0) is 19.1. The van der Waals surface area contributed by atoms with Gasteiger partial charge in [-0.15, -0.1) is 0 Å². The van der Waals surface area contributed by atoms with E-state index in [1.807, 2.05) is 33.4 Å². The van der Waals surface area contributed by atoms with Gasteiger partial charge in [0, 0.05) is 62.1 Å². The first-order chi connectivity index (χ1) is 12.9. The number of anilines is 1. The largest absolute Gasteiger partial charge is 0.384 e. The molecule has 0 aromatic carbocycles. The summed E-state index contributed by atoms with van der Waals surface area (Å²) >= 11 is 0. The maximum atomic E-state index is 12.2. The van der Waals surface area contributed by atoms with E-state index in [0.717, 1.165) is 48.2 Å². The van der Waals surface area contributed by atoms with Gasteiger partial charge in [-0.2, -0.15) is 14.7 Å². The first-order valence-electron chi connectivity index (χ1n) is 9.28. The van der Waals surface area contributed by atoms with E-state index in [1.165, 1.54) is 0 Å². The zero-order valence-electron chi connectivity index (χ0n) is 16.0. The summed E-state index contributed by atoms with van der Waals surface area (Å²) in [5.74, 6) is 1.25. The predicted molar refractivity (Wildman–Crippen MR) is 103 cm³/mol. The van der Waals surface area contributed by atoms with Gasteiger partial charge >= 0.3 is 0 Å². The molecule has 3 aromatic heterocycles. The maximum Gasteiger partial charge on any atom is 0.225 e. The lowest BCUT2D eigenvalue weighted by Crippen LogP contribution is -2.32. The van der Waals surface area contributed by atoms with Gasteiger partial charge in [0.1, 0.15) is 5.82 Å². The third-order valence-electron chi connectivity index (χ3n) is 5.47. The van der Waals surface area contributed by atoms with Crippen molar-refractivity contribution in [2.75, 3.05) is 19.8 Å². The zero-order valence-corrected chi connectivity index (χ0v) is 16.0. The highest BCUT2D eigenvalue weighted by atomic mass is 16.2. The molecule has 27 heavy (non-hydrogen) atoms. The fourth-order valence-electron chi connectivity index (χ4n) is 3.98. The average Bonchev–Trinajstić information content (AvgIpc) is 3.27. The molecule has 0 unspecified atom stereocenters. The number of nitrogens with zero attached hydrogens (tertiary/aromatic N) is 6. The van der Waals surface area contributed by atoms with Crippen LogP contribution in [0.4, 0.5) is 5.82 Å². The second-order valence-corrected chi connectivity index (χ2v) is 7.58. The minimum Gasteiger partial charge on any atom is -0.384 e. The van der Waals surface area contributed by atoms with Crippen LogP contribution in [-0.4, -0.2) is 49.3 Å². The van der Waals surface area contributed by atoms with Gasteiger partial charge in [-0.05, 0) is 25.7 Å². The summed E-state index contributed by atoms with van der Waals surface area (Å²) < 4.78 is 3.43. The molecule has 3 aromatic rings. The van der Waals surface area contributed by atoms with E-state index in [2.05, 4.69) is 10.2 Å². The molecule has 1 amide bonds. The number of nitrogens with two attached hydrogens (primary N) is 1. The molecule has 0 radical (unpaired) electrons. The van der Waals surface area contributed by atoms with Crippen molar-refractivity contribution < 1.29 is 4.79 Å². The average molecular weight is 367 g/mol. The lowest BCUT2D eigenvalue weighted by Gasteiger charge is -2.29. The fourth-order valence-corrected chi connectivity index (χ4v) is 3.98. The molecule has 0 saturated heterocycles. The quantitative estimate of drug-likeness (QED) is 0.765. The maximum absolute atomic E-state index is 12.2. The van der Waals surface area contributed by atoms with Crippen LogP contribution in [0.5, 0.6) is 0 Å². The minimum absolute atomic E-state index is 0.123. The number of rotatable bonds is 3. The van der Waals surface area contributed by atoms with Crippen LogP contribution < -0.4 is 5.73 Å². The van der Waals surface area contributed by atoms with Gasteiger partial charge < -0.3 is 10.6 Å². The van der Waals surface area contributed by atoms with E-state index < -0.39 is 0 Å². The molecule has 142 valence electrons. The lowest BCUT2D eigenvalue weighted by molar-refractivity contribution is -0.134. The normalized spacial score (nSPS) is 20.1. The Morgan fingerprint density at radius 2 is 1.93 bits per heavy atom. The van der Waals surface area contributed by atoms with Crippen molar-refractivity contribution in [3.8, 4) is 11.1 Å². The molecule has 0 aliphatic heterocycles. The van der Waals surface area contributed by atoms with E-state index >= 15 is 0 Å². The molecule has 1 fully saturated rings. The van der Waals surface area contributed by atoms with Crippen molar-refractivity contribution in [1.82, 2.24) is 29.3 Å².